The number of thiazole rings is 1. The predicted octanol–water partition coefficient (Wildman–Crippen LogP) is 2.81. The lowest BCUT2D eigenvalue weighted by Gasteiger charge is -1.96. The van der Waals surface area contributed by atoms with Gasteiger partial charge in [-0.3, -0.25) is 4.79 Å². The van der Waals surface area contributed by atoms with Crippen molar-refractivity contribution in [1.82, 2.24) is 20.0 Å². The average molecular weight is 305 g/mol. The molecule has 2 heterocycles. The molecule has 0 bridgehead atoms. The summed E-state index contributed by atoms with van der Waals surface area (Å²) in [4.78, 5) is 17.2. The Morgan fingerprint density at radius 2 is 2.10 bits per heavy atom. The van der Waals surface area contributed by atoms with Gasteiger partial charge in [0.2, 0.25) is 0 Å². The molecule has 100 valence electrons. The highest BCUT2D eigenvalue weighted by molar-refractivity contribution is 7.13. The highest BCUT2D eigenvalue weighted by atomic mass is 35.5. The number of rotatable bonds is 4. The van der Waals surface area contributed by atoms with Gasteiger partial charge in [0.1, 0.15) is 16.4 Å². The molecular weight excluding hydrogens is 296 g/mol. The Kier molecular flexibility index (Phi) is 3.58. The smallest absolute Gasteiger partial charge is 0.196 e. The Hall–Kier alpha value is -2.05. The van der Waals surface area contributed by atoms with E-state index >= 15 is 0 Å². The van der Waals surface area contributed by atoms with Gasteiger partial charge in [-0.05, 0) is 12.1 Å². The summed E-state index contributed by atoms with van der Waals surface area (Å²) < 4.78 is 0. The van der Waals surface area contributed by atoms with Crippen LogP contribution in [0.15, 0.2) is 41.9 Å². The van der Waals surface area contributed by atoms with Gasteiger partial charge < -0.3 is 0 Å². The maximum atomic E-state index is 11.5. The monoisotopic (exact) mass is 304 g/mol. The fourth-order valence-electron chi connectivity index (χ4n) is 1.63. The van der Waals surface area contributed by atoms with Crippen LogP contribution in [0.1, 0.15) is 10.5 Å². The Morgan fingerprint density at radius 3 is 2.85 bits per heavy atom. The van der Waals surface area contributed by atoms with E-state index in [9.17, 15) is 4.79 Å². The summed E-state index contributed by atoms with van der Waals surface area (Å²) in [6.07, 6.45) is 1.63. The summed E-state index contributed by atoms with van der Waals surface area (Å²) >= 11 is 6.86. The number of para-hydroxylation sites is 1. The van der Waals surface area contributed by atoms with Crippen molar-refractivity contribution in [3.8, 4) is 16.4 Å². The molecule has 2 aromatic heterocycles. The van der Waals surface area contributed by atoms with E-state index in [-0.39, 0.29) is 11.7 Å². The standard InChI is InChI=1S/C13H9ClN4OS/c14-6-12(19)11-8-20-13(16-11)10-7-15-18(17-10)9-4-2-1-3-5-9/h1-5,7-8H,6H2. The minimum absolute atomic E-state index is 0.0696. The third-order valence-electron chi connectivity index (χ3n) is 2.61. The maximum absolute atomic E-state index is 11.5. The Bertz CT molecular complexity index is 738. The highest BCUT2D eigenvalue weighted by Crippen LogP contribution is 2.22. The molecule has 0 saturated heterocycles. The normalized spacial score (nSPS) is 10.7. The molecule has 5 nitrogen and oxygen atoms in total. The van der Waals surface area contributed by atoms with Gasteiger partial charge in [-0.1, -0.05) is 18.2 Å². The van der Waals surface area contributed by atoms with Crippen LogP contribution in [0.25, 0.3) is 16.4 Å². The fraction of sp³-hybridized carbons (Fsp3) is 0.0769. The van der Waals surface area contributed by atoms with Crippen LogP contribution in [-0.2, 0) is 0 Å². The zero-order valence-electron chi connectivity index (χ0n) is 10.2. The van der Waals surface area contributed by atoms with Crippen molar-refractivity contribution in [3.05, 3.63) is 47.6 Å². The largest absolute Gasteiger partial charge is 0.291 e. The summed E-state index contributed by atoms with van der Waals surface area (Å²) in [5, 5.41) is 10.9. The van der Waals surface area contributed by atoms with E-state index < -0.39 is 0 Å². The summed E-state index contributed by atoms with van der Waals surface area (Å²) in [6, 6.07) is 9.58. The minimum Gasteiger partial charge on any atom is -0.291 e. The molecule has 0 spiro atoms. The number of halogens is 1. The van der Waals surface area contributed by atoms with Crippen LogP contribution < -0.4 is 0 Å². The number of hydrogen-bond acceptors (Lipinski definition) is 5. The first kappa shape index (κ1) is 13.0. The topological polar surface area (TPSA) is 60.7 Å². The number of ketones is 1. The van der Waals surface area contributed by atoms with Crippen molar-refractivity contribution in [3.63, 3.8) is 0 Å². The Labute approximate surface area is 123 Å². The van der Waals surface area contributed by atoms with E-state index in [0.29, 0.717) is 16.4 Å². The molecule has 0 saturated carbocycles. The lowest BCUT2D eigenvalue weighted by Crippen LogP contribution is -2.00. The molecule has 0 atom stereocenters. The number of hydrogen-bond donors (Lipinski definition) is 0. The van der Waals surface area contributed by atoms with Gasteiger partial charge in [0.25, 0.3) is 0 Å². The number of Topliss-reactive ketones (excluding diaryl/α,β-unsaturated/α-hetero) is 1. The fourth-order valence-corrected chi connectivity index (χ4v) is 2.54. The second-order valence-corrected chi connectivity index (χ2v) is 5.07. The van der Waals surface area contributed by atoms with Crippen LogP contribution in [0.5, 0.6) is 0 Å². The molecule has 1 aromatic carbocycles. The summed E-state index contributed by atoms with van der Waals surface area (Å²) in [6.45, 7) is 0. The van der Waals surface area contributed by atoms with E-state index in [4.69, 9.17) is 11.6 Å². The van der Waals surface area contributed by atoms with Crippen molar-refractivity contribution in [2.45, 2.75) is 0 Å². The van der Waals surface area contributed by atoms with Crippen molar-refractivity contribution in [2.75, 3.05) is 5.88 Å². The number of alkyl halides is 1. The third kappa shape index (κ3) is 2.48. The van der Waals surface area contributed by atoms with Gasteiger partial charge in [0.05, 0.1) is 17.8 Å². The predicted molar refractivity (Wildman–Crippen MR) is 77.5 cm³/mol. The number of carbonyl (C=O) groups is 1. The zero-order chi connectivity index (χ0) is 13.9. The molecular formula is C13H9ClN4OS. The first-order chi connectivity index (χ1) is 9.78. The zero-order valence-corrected chi connectivity index (χ0v) is 11.8. The van der Waals surface area contributed by atoms with E-state index in [1.807, 2.05) is 30.3 Å². The van der Waals surface area contributed by atoms with Crippen LogP contribution in [-0.4, -0.2) is 31.6 Å². The van der Waals surface area contributed by atoms with Crippen LogP contribution >= 0.6 is 22.9 Å². The average Bonchev–Trinajstić information content (AvgIpc) is 3.16. The first-order valence-corrected chi connectivity index (χ1v) is 7.22. The Balaban J connectivity index is 1.91. The number of benzene rings is 1. The molecule has 7 heteroatoms. The number of nitrogens with zero attached hydrogens (tertiary/aromatic N) is 4. The van der Waals surface area contributed by atoms with Gasteiger partial charge in [0, 0.05) is 5.38 Å². The number of aromatic nitrogens is 4. The van der Waals surface area contributed by atoms with Gasteiger partial charge >= 0.3 is 0 Å². The van der Waals surface area contributed by atoms with Gasteiger partial charge in [0.15, 0.2) is 5.78 Å². The minimum atomic E-state index is -0.190. The molecule has 0 aliphatic rings. The summed E-state index contributed by atoms with van der Waals surface area (Å²) in [7, 11) is 0. The molecule has 0 radical (unpaired) electrons. The van der Waals surface area contributed by atoms with Gasteiger partial charge in [-0.25, -0.2) is 4.98 Å². The molecule has 3 rings (SSSR count). The second-order valence-electron chi connectivity index (χ2n) is 3.95. The molecule has 3 aromatic rings. The summed E-state index contributed by atoms with van der Waals surface area (Å²) in [5.41, 5.74) is 1.87. The van der Waals surface area contributed by atoms with Crippen molar-refractivity contribution in [2.24, 2.45) is 0 Å². The lowest BCUT2D eigenvalue weighted by molar-refractivity contribution is 0.101. The van der Waals surface area contributed by atoms with E-state index in [0.717, 1.165) is 5.69 Å². The SMILES string of the molecule is O=C(CCl)c1csc(-c2cnn(-c3ccccc3)n2)n1. The van der Waals surface area contributed by atoms with Crippen molar-refractivity contribution >= 4 is 28.7 Å². The van der Waals surface area contributed by atoms with Gasteiger partial charge in [-0.15, -0.1) is 28.0 Å². The van der Waals surface area contributed by atoms with E-state index in [1.165, 1.54) is 16.1 Å². The summed E-state index contributed by atoms with van der Waals surface area (Å²) in [5.74, 6) is -0.260. The molecule has 0 aliphatic carbocycles. The lowest BCUT2D eigenvalue weighted by atomic mass is 10.3. The molecule has 0 fully saturated rings. The quantitative estimate of drug-likeness (QED) is 0.549. The number of carbonyl (C=O) groups excluding carboxylic acids is 1. The first-order valence-electron chi connectivity index (χ1n) is 5.81. The van der Waals surface area contributed by atoms with E-state index in [1.54, 1.807) is 11.6 Å². The molecule has 0 amide bonds. The maximum Gasteiger partial charge on any atom is 0.196 e. The van der Waals surface area contributed by atoms with Crippen LogP contribution in [0, 0.1) is 0 Å². The van der Waals surface area contributed by atoms with Crippen LogP contribution in [0.3, 0.4) is 0 Å². The van der Waals surface area contributed by atoms with Crippen molar-refractivity contribution < 1.29 is 4.79 Å². The molecule has 20 heavy (non-hydrogen) atoms. The van der Waals surface area contributed by atoms with Crippen LogP contribution in [0.2, 0.25) is 0 Å². The molecule has 0 N–H and O–H groups in total. The van der Waals surface area contributed by atoms with E-state index in [2.05, 4.69) is 15.2 Å². The van der Waals surface area contributed by atoms with Crippen molar-refractivity contribution in [1.29, 1.82) is 0 Å². The van der Waals surface area contributed by atoms with Gasteiger partial charge in [-0.2, -0.15) is 9.90 Å². The third-order valence-corrected chi connectivity index (χ3v) is 3.72. The highest BCUT2D eigenvalue weighted by Gasteiger charge is 2.13. The Morgan fingerprint density at radius 1 is 1.30 bits per heavy atom. The molecule has 0 unspecified atom stereocenters. The molecule has 0 aliphatic heterocycles. The second kappa shape index (κ2) is 5.52. The van der Waals surface area contributed by atoms with Crippen LogP contribution in [0.4, 0.5) is 0 Å².